The molecule has 9 aromatic heterocycles. The van der Waals surface area contributed by atoms with E-state index in [1.165, 1.54) is 61.9 Å². The van der Waals surface area contributed by atoms with E-state index in [9.17, 15) is 53.9 Å². The number of tetrazole rings is 1. The van der Waals surface area contributed by atoms with Gasteiger partial charge in [0.1, 0.15) is 47.9 Å². The predicted molar refractivity (Wildman–Crippen MR) is 294 cm³/mol. The molecule has 0 saturated carbocycles. The van der Waals surface area contributed by atoms with Gasteiger partial charge in [-0.3, -0.25) is 27.5 Å². The fraction of sp³-hybridized carbons (Fsp3) is 0.426. The Balaban J connectivity index is 0.000000151. The Morgan fingerprint density at radius 2 is 1.14 bits per heavy atom. The molecular formula is C54H60F9N17O4. The van der Waals surface area contributed by atoms with Gasteiger partial charge in [-0.15, -0.1) is 5.10 Å². The van der Waals surface area contributed by atoms with Crippen LogP contribution in [0, 0.1) is 6.92 Å². The number of hydrogen-bond donors (Lipinski definition) is 1. The van der Waals surface area contributed by atoms with Crippen LogP contribution in [0.4, 0.5) is 68.5 Å². The summed E-state index contributed by atoms with van der Waals surface area (Å²) in [4.78, 5) is 52.3. The van der Waals surface area contributed by atoms with Crippen molar-refractivity contribution in [2.75, 3.05) is 77.7 Å². The molecule has 0 bridgehead atoms. The van der Waals surface area contributed by atoms with Gasteiger partial charge in [0.05, 0.1) is 57.4 Å². The molecule has 0 unspecified atom stereocenters. The van der Waals surface area contributed by atoms with Crippen LogP contribution in [0.2, 0.25) is 0 Å². The zero-order chi connectivity index (χ0) is 59.3. The van der Waals surface area contributed by atoms with Crippen molar-refractivity contribution >= 4 is 51.3 Å². The number of pyridine rings is 3. The van der Waals surface area contributed by atoms with Crippen molar-refractivity contribution in [3.63, 3.8) is 0 Å². The van der Waals surface area contributed by atoms with Crippen LogP contribution in [0.25, 0.3) is 16.6 Å². The second kappa shape index (κ2) is 23.4. The molecule has 0 atom stereocenters. The van der Waals surface area contributed by atoms with E-state index in [0.29, 0.717) is 123 Å². The smallest absolute Gasteiger partial charge is 0.383 e. The Morgan fingerprint density at radius 1 is 0.655 bits per heavy atom. The first-order valence-electron chi connectivity index (χ1n) is 26.4. The number of nitrogens with zero attached hydrogens (tertiary/aromatic N) is 16. The SMILES string of the molecule is C.CCC(=O)c1c(C)noc1C1CCN(c2cc(C(F)(F)F)cc3cncn23)CC1.Cn1c(N)c(N2CCN(c3cc(C(F)(F)F)cc4cncn34)CC2)c(=O)n(C)c1=O.FC(F)(F)c1cc(N2CCC(n3cnnn3)CC2)n2cccc2c1. The standard InChI is InChI=1S/C20H21F3N4O2.C18H20F3N7O2.C15H15F3N6.CH4/c1-3-16(28)18-12(2)25-29-19(18)13-4-6-26(7-5-13)17-9-14(20(21,22)23)8-15-10-24-11-27(15)17;1-24-15(22)14(16(29)25(2)17(24)30)27-5-3-26(4-6-27)13-8-11(18(19,20)21)7-12-9-23-10-28(12)13;16-15(17,18)11-8-13-2-1-5-23(13)14(9-11)22-6-3-12(4-7-22)24-10-19-20-21-24;/h8-11,13H,3-7H2,1-2H3;7-10H,3-6,22H2,1-2H3;1-2,5,8-10,12H,3-4,6-7H2;1H4. The van der Waals surface area contributed by atoms with E-state index >= 15 is 0 Å². The summed E-state index contributed by atoms with van der Waals surface area (Å²) in [6.07, 6.45) is -0.842. The van der Waals surface area contributed by atoms with Crippen molar-refractivity contribution in [3.05, 3.63) is 141 Å². The normalized spacial score (nSPS) is 15.8. The number of piperidine rings is 2. The highest BCUT2D eigenvalue weighted by Crippen LogP contribution is 2.39. The topological polar surface area (TPSA) is 209 Å². The number of nitrogens with two attached hydrogens (primary N) is 1. The molecule has 30 heteroatoms. The average molecular weight is 1180 g/mol. The fourth-order valence-electron chi connectivity index (χ4n) is 10.9. The number of fused-ring (bicyclic) bond motifs is 3. The summed E-state index contributed by atoms with van der Waals surface area (Å²) in [5.74, 6) is 2.09. The first kappa shape index (κ1) is 59.8. The highest BCUT2D eigenvalue weighted by atomic mass is 19.4. The van der Waals surface area contributed by atoms with Crippen LogP contribution in [0.1, 0.15) is 96.9 Å². The Labute approximate surface area is 472 Å². The minimum Gasteiger partial charge on any atom is -0.383 e. The number of nitrogen functional groups attached to an aromatic ring is 1. The van der Waals surface area contributed by atoms with E-state index in [-0.39, 0.29) is 36.7 Å². The molecule has 21 nitrogen and oxygen atoms in total. The molecule has 0 spiro atoms. The van der Waals surface area contributed by atoms with Crippen LogP contribution >= 0.6 is 0 Å². The summed E-state index contributed by atoms with van der Waals surface area (Å²) in [5, 5.41) is 15.1. The number of carbonyl (C=O) groups excluding carboxylic acids is 1. The maximum absolute atomic E-state index is 13.3. The van der Waals surface area contributed by atoms with Crippen molar-refractivity contribution in [2.24, 2.45) is 14.1 Å². The zero-order valence-electron chi connectivity index (χ0n) is 45.2. The third-order valence-electron chi connectivity index (χ3n) is 15.4. The second-order valence-corrected chi connectivity index (χ2v) is 20.4. The highest BCUT2D eigenvalue weighted by Gasteiger charge is 2.37. The van der Waals surface area contributed by atoms with E-state index in [1.807, 2.05) is 14.7 Å². The van der Waals surface area contributed by atoms with Crippen LogP contribution in [0.5, 0.6) is 0 Å². The van der Waals surface area contributed by atoms with Gasteiger partial charge in [-0.1, -0.05) is 19.5 Å². The maximum atomic E-state index is 13.3. The minimum absolute atomic E-state index is 0. The molecule has 12 heterocycles. The van der Waals surface area contributed by atoms with Gasteiger partial charge in [-0.05, 0) is 91.6 Å². The Bertz CT molecular complexity index is 3910. The van der Waals surface area contributed by atoms with Gasteiger partial charge in [0, 0.05) is 90.5 Å². The number of alkyl halides is 9. The molecule has 448 valence electrons. The molecule has 0 aromatic carbocycles. The molecule has 3 fully saturated rings. The largest absolute Gasteiger partial charge is 0.416 e. The third kappa shape index (κ3) is 11.9. The number of aryl methyl sites for hydroxylation is 1. The number of Topliss-reactive ketones (excluding diaryl/α,β-unsaturated/α-hetero) is 1. The molecule has 0 radical (unpaired) electrons. The molecule has 3 saturated heterocycles. The van der Waals surface area contributed by atoms with Crippen molar-refractivity contribution in [2.45, 2.75) is 83.9 Å². The molecule has 84 heavy (non-hydrogen) atoms. The quantitative estimate of drug-likeness (QED) is 0.111. The van der Waals surface area contributed by atoms with Crippen LogP contribution in [-0.2, 0) is 32.6 Å². The van der Waals surface area contributed by atoms with Gasteiger partial charge >= 0.3 is 24.2 Å². The average Bonchev–Trinajstić information content (AvgIpc) is 2.88. The number of ketones is 1. The lowest BCUT2D eigenvalue weighted by atomic mass is 9.90. The lowest BCUT2D eigenvalue weighted by molar-refractivity contribution is -0.138. The Hall–Kier alpha value is -8.86. The van der Waals surface area contributed by atoms with Crippen molar-refractivity contribution in [1.82, 2.24) is 57.7 Å². The summed E-state index contributed by atoms with van der Waals surface area (Å²) in [6, 6.07) is 10.5. The van der Waals surface area contributed by atoms with E-state index < -0.39 is 46.5 Å². The molecule has 9 aromatic rings. The molecule has 0 amide bonds. The predicted octanol–water partition coefficient (Wildman–Crippen LogP) is 8.71. The number of halogens is 9. The summed E-state index contributed by atoms with van der Waals surface area (Å²) >= 11 is 0. The van der Waals surface area contributed by atoms with Crippen molar-refractivity contribution in [3.8, 4) is 0 Å². The Kier molecular flexibility index (Phi) is 16.7. The number of carbonyl (C=O) groups is 1. The van der Waals surface area contributed by atoms with Crippen LogP contribution < -0.4 is 36.6 Å². The van der Waals surface area contributed by atoms with Gasteiger partial charge in [-0.2, -0.15) is 39.5 Å². The molecule has 12 rings (SSSR count). The molecule has 2 N–H and O–H groups in total. The van der Waals surface area contributed by atoms with Crippen LogP contribution in [-0.4, -0.2) is 116 Å². The van der Waals surface area contributed by atoms with Crippen LogP contribution in [0.15, 0.2) is 100 Å². The lowest BCUT2D eigenvalue weighted by Gasteiger charge is -2.37. The molecule has 0 aliphatic carbocycles. The summed E-state index contributed by atoms with van der Waals surface area (Å²) in [7, 11) is 2.86. The van der Waals surface area contributed by atoms with Gasteiger partial charge in [0.25, 0.3) is 5.56 Å². The van der Waals surface area contributed by atoms with Crippen molar-refractivity contribution < 1.29 is 48.8 Å². The van der Waals surface area contributed by atoms with E-state index in [1.54, 1.807) is 61.3 Å². The number of hydrogen-bond acceptors (Lipinski definition) is 15. The highest BCUT2D eigenvalue weighted by molar-refractivity contribution is 5.97. The first-order chi connectivity index (χ1) is 39.4. The fourth-order valence-corrected chi connectivity index (χ4v) is 10.9. The van der Waals surface area contributed by atoms with Gasteiger partial charge in [0.15, 0.2) is 11.5 Å². The van der Waals surface area contributed by atoms with E-state index in [0.717, 1.165) is 35.6 Å². The lowest BCUT2D eigenvalue weighted by Crippen LogP contribution is -2.51. The van der Waals surface area contributed by atoms with E-state index in [2.05, 4.69) is 30.7 Å². The summed E-state index contributed by atoms with van der Waals surface area (Å²) < 4.78 is 134. The summed E-state index contributed by atoms with van der Waals surface area (Å²) in [5.41, 5.74) is 5.59. The maximum Gasteiger partial charge on any atom is 0.416 e. The molecule has 3 aliphatic heterocycles. The van der Waals surface area contributed by atoms with E-state index in [4.69, 9.17) is 10.3 Å². The van der Waals surface area contributed by atoms with Gasteiger partial charge in [-0.25, -0.2) is 19.4 Å². The molecular weight excluding hydrogens is 1120 g/mol. The number of piperazine rings is 1. The zero-order valence-corrected chi connectivity index (χ0v) is 45.2. The van der Waals surface area contributed by atoms with Crippen molar-refractivity contribution in [1.29, 1.82) is 0 Å². The van der Waals surface area contributed by atoms with Gasteiger partial charge < -0.3 is 34.3 Å². The number of imidazole rings is 2. The number of aromatic nitrogens is 12. The first-order valence-corrected chi connectivity index (χ1v) is 26.4. The van der Waals surface area contributed by atoms with Crippen LogP contribution in [0.3, 0.4) is 0 Å². The third-order valence-corrected chi connectivity index (χ3v) is 15.4. The monoisotopic (exact) mass is 1180 g/mol. The Morgan fingerprint density at radius 3 is 1.64 bits per heavy atom. The number of anilines is 5. The summed E-state index contributed by atoms with van der Waals surface area (Å²) in [6.45, 7) is 7.36. The van der Waals surface area contributed by atoms with Gasteiger partial charge in [0.2, 0.25) is 0 Å². The minimum atomic E-state index is -4.47. The molecule has 3 aliphatic rings. The second-order valence-electron chi connectivity index (χ2n) is 20.4. The number of rotatable bonds is 8.